The Morgan fingerprint density at radius 3 is 2.83 bits per heavy atom. The van der Waals surface area contributed by atoms with E-state index >= 15 is 0 Å². The molecular formula is C14H19NO3. The van der Waals surface area contributed by atoms with E-state index in [0.29, 0.717) is 5.56 Å². The fourth-order valence-corrected chi connectivity index (χ4v) is 2.14. The average molecular weight is 249 g/mol. The molecule has 0 aromatic heterocycles. The van der Waals surface area contributed by atoms with Crippen molar-refractivity contribution in [3.8, 4) is 5.75 Å². The second-order valence-electron chi connectivity index (χ2n) is 4.39. The van der Waals surface area contributed by atoms with Gasteiger partial charge in [-0.05, 0) is 18.1 Å². The third-order valence-corrected chi connectivity index (χ3v) is 3.25. The van der Waals surface area contributed by atoms with Gasteiger partial charge in [-0.25, -0.2) is 0 Å². The summed E-state index contributed by atoms with van der Waals surface area (Å²) < 4.78 is 10.6. The molecule has 0 atom stereocenters. The van der Waals surface area contributed by atoms with E-state index in [0.717, 1.165) is 56.9 Å². The third-order valence-electron chi connectivity index (χ3n) is 3.25. The van der Waals surface area contributed by atoms with Crippen LogP contribution in [0.25, 0.3) is 0 Å². The molecule has 1 aliphatic heterocycles. The van der Waals surface area contributed by atoms with Gasteiger partial charge in [-0.15, -0.1) is 0 Å². The van der Waals surface area contributed by atoms with Crippen LogP contribution in [0.1, 0.15) is 15.9 Å². The fourth-order valence-electron chi connectivity index (χ4n) is 2.14. The first kappa shape index (κ1) is 13.1. The quantitative estimate of drug-likeness (QED) is 0.739. The Hall–Kier alpha value is -1.39. The van der Waals surface area contributed by atoms with Crippen LogP contribution in [-0.4, -0.2) is 51.1 Å². The molecule has 0 aliphatic carbocycles. The molecule has 0 spiro atoms. The summed E-state index contributed by atoms with van der Waals surface area (Å²) in [5.41, 5.74) is 1.80. The third kappa shape index (κ3) is 3.31. The van der Waals surface area contributed by atoms with Gasteiger partial charge in [0.15, 0.2) is 0 Å². The number of nitrogens with zero attached hydrogens (tertiary/aromatic N) is 1. The fraction of sp³-hybridized carbons (Fsp3) is 0.500. The second kappa shape index (κ2) is 6.52. The molecule has 1 heterocycles. The van der Waals surface area contributed by atoms with Gasteiger partial charge >= 0.3 is 0 Å². The molecule has 4 heteroatoms. The van der Waals surface area contributed by atoms with Crippen molar-refractivity contribution in [3.63, 3.8) is 0 Å². The van der Waals surface area contributed by atoms with Crippen molar-refractivity contribution in [1.82, 2.24) is 4.90 Å². The van der Waals surface area contributed by atoms with Crippen molar-refractivity contribution < 1.29 is 14.3 Å². The van der Waals surface area contributed by atoms with Crippen molar-refractivity contribution in [2.45, 2.75) is 6.42 Å². The Morgan fingerprint density at radius 2 is 2.17 bits per heavy atom. The number of ether oxygens (including phenoxy) is 2. The summed E-state index contributed by atoms with van der Waals surface area (Å²) >= 11 is 0. The lowest BCUT2D eigenvalue weighted by Crippen LogP contribution is -2.37. The van der Waals surface area contributed by atoms with E-state index in [9.17, 15) is 4.79 Å². The number of aldehydes is 1. The van der Waals surface area contributed by atoms with E-state index in [4.69, 9.17) is 9.47 Å². The Morgan fingerprint density at radius 1 is 1.39 bits per heavy atom. The Balaban J connectivity index is 1.97. The van der Waals surface area contributed by atoms with E-state index < -0.39 is 0 Å². The van der Waals surface area contributed by atoms with E-state index in [-0.39, 0.29) is 0 Å². The number of carbonyl (C=O) groups excluding carboxylic acids is 1. The number of hydrogen-bond donors (Lipinski definition) is 0. The summed E-state index contributed by atoms with van der Waals surface area (Å²) in [6.07, 6.45) is 1.77. The first-order valence-corrected chi connectivity index (χ1v) is 6.25. The highest BCUT2D eigenvalue weighted by molar-refractivity contribution is 5.75. The summed E-state index contributed by atoms with van der Waals surface area (Å²) in [7, 11) is 1.64. The van der Waals surface area contributed by atoms with E-state index in [1.54, 1.807) is 13.2 Å². The van der Waals surface area contributed by atoms with Crippen molar-refractivity contribution >= 4 is 6.29 Å². The molecule has 1 aromatic rings. The van der Waals surface area contributed by atoms with Gasteiger partial charge in [-0.3, -0.25) is 9.69 Å². The standard InChI is InChI=1S/C14H19NO3/c1-17-14-10-12(11-16)2-3-13(14)4-5-15-6-8-18-9-7-15/h2-3,10-11H,4-9H2,1H3. The maximum atomic E-state index is 10.7. The predicted molar refractivity (Wildman–Crippen MR) is 69.3 cm³/mol. The van der Waals surface area contributed by atoms with Gasteiger partial charge in [-0.2, -0.15) is 0 Å². The second-order valence-corrected chi connectivity index (χ2v) is 4.39. The zero-order valence-corrected chi connectivity index (χ0v) is 10.7. The van der Waals surface area contributed by atoms with Crippen LogP contribution in [0.2, 0.25) is 0 Å². The van der Waals surface area contributed by atoms with Crippen molar-refractivity contribution in [1.29, 1.82) is 0 Å². The maximum absolute atomic E-state index is 10.7. The molecule has 0 bridgehead atoms. The number of hydrogen-bond acceptors (Lipinski definition) is 4. The first-order chi connectivity index (χ1) is 8.83. The predicted octanol–water partition coefficient (Wildman–Crippen LogP) is 1.38. The minimum atomic E-state index is 0.655. The number of methoxy groups -OCH3 is 1. The molecule has 2 rings (SSSR count). The van der Waals surface area contributed by atoms with Gasteiger partial charge in [-0.1, -0.05) is 12.1 Å². The van der Waals surface area contributed by atoms with Crippen LogP contribution in [0.15, 0.2) is 18.2 Å². The largest absolute Gasteiger partial charge is 0.496 e. The highest BCUT2D eigenvalue weighted by Gasteiger charge is 2.11. The summed E-state index contributed by atoms with van der Waals surface area (Å²) in [4.78, 5) is 13.1. The molecule has 18 heavy (non-hydrogen) atoms. The summed E-state index contributed by atoms with van der Waals surface area (Å²) in [6.45, 7) is 4.63. The molecule has 0 amide bonds. The molecule has 1 saturated heterocycles. The molecule has 98 valence electrons. The number of rotatable bonds is 5. The van der Waals surface area contributed by atoms with E-state index in [1.165, 1.54) is 0 Å². The van der Waals surface area contributed by atoms with Crippen LogP contribution in [0, 0.1) is 0 Å². The van der Waals surface area contributed by atoms with Gasteiger partial charge in [0.1, 0.15) is 12.0 Å². The lowest BCUT2D eigenvalue weighted by molar-refractivity contribution is 0.0384. The highest BCUT2D eigenvalue weighted by atomic mass is 16.5. The lowest BCUT2D eigenvalue weighted by atomic mass is 10.1. The zero-order chi connectivity index (χ0) is 12.8. The SMILES string of the molecule is COc1cc(C=O)ccc1CCN1CCOCC1. The molecule has 0 radical (unpaired) electrons. The average Bonchev–Trinajstić information content (AvgIpc) is 2.46. The van der Waals surface area contributed by atoms with Gasteiger partial charge in [0, 0.05) is 25.2 Å². The molecular weight excluding hydrogens is 230 g/mol. The Kier molecular flexibility index (Phi) is 4.73. The van der Waals surface area contributed by atoms with Gasteiger partial charge in [0.25, 0.3) is 0 Å². The maximum Gasteiger partial charge on any atom is 0.150 e. The molecule has 1 aromatic carbocycles. The van der Waals surface area contributed by atoms with Gasteiger partial charge < -0.3 is 9.47 Å². The summed E-state index contributed by atoms with van der Waals surface area (Å²) in [6, 6.07) is 5.61. The molecule has 4 nitrogen and oxygen atoms in total. The van der Waals surface area contributed by atoms with Crippen molar-refractivity contribution in [2.24, 2.45) is 0 Å². The lowest BCUT2D eigenvalue weighted by Gasteiger charge is -2.26. The number of morpholine rings is 1. The minimum Gasteiger partial charge on any atom is -0.496 e. The summed E-state index contributed by atoms with van der Waals surface area (Å²) in [5, 5.41) is 0. The van der Waals surface area contributed by atoms with Crippen molar-refractivity contribution in [2.75, 3.05) is 40.0 Å². The van der Waals surface area contributed by atoms with Gasteiger partial charge in [0.05, 0.1) is 20.3 Å². The molecule has 0 N–H and O–H groups in total. The monoisotopic (exact) mass is 249 g/mol. The summed E-state index contributed by atoms with van der Waals surface area (Å²) in [5.74, 6) is 0.799. The normalized spacial score (nSPS) is 16.5. The Labute approximate surface area is 107 Å². The zero-order valence-electron chi connectivity index (χ0n) is 10.7. The topological polar surface area (TPSA) is 38.8 Å². The van der Waals surface area contributed by atoms with E-state index in [2.05, 4.69) is 4.90 Å². The Bertz CT molecular complexity index is 400. The van der Waals surface area contributed by atoms with Crippen LogP contribution in [0.3, 0.4) is 0 Å². The van der Waals surface area contributed by atoms with Crippen molar-refractivity contribution in [3.05, 3.63) is 29.3 Å². The van der Waals surface area contributed by atoms with Crippen LogP contribution in [-0.2, 0) is 11.2 Å². The van der Waals surface area contributed by atoms with E-state index in [1.807, 2.05) is 12.1 Å². The minimum absolute atomic E-state index is 0.655. The van der Waals surface area contributed by atoms with Crippen LogP contribution < -0.4 is 4.74 Å². The molecule has 0 saturated carbocycles. The first-order valence-electron chi connectivity index (χ1n) is 6.25. The number of carbonyl (C=O) groups is 1. The highest BCUT2D eigenvalue weighted by Crippen LogP contribution is 2.20. The molecule has 1 fully saturated rings. The molecule has 0 unspecified atom stereocenters. The van der Waals surface area contributed by atoms with Gasteiger partial charge in [0.2, 0.25) is 0 Å². The number of benzene rings is 1. The smallest absolute Gasteiger partial charge is 0.150 e. The van der Waals surface area contributed by atoms with Crippen LogP contribution >= 0.6 is 0 Å². The van der Waals surface area contributed by atoms with Crippen LogP contribution in [0.5, 0.6) is 5.75 Å². The van der Waals surface area contributed by atoms with Crippen LogP contribution in [0.4, 0.5) is 0 Å². The molecule has 1 aliphatic rings.